The van der Waals surface area contributed by atoms with Gasteiger partial charge in [-0.1, -0.05) is 0 Å². The molecular weight excluding hydrogens is 351 g/mol. The number of rotatable bonds is 5. The summed E-state index contributed by atoms with van der Waals surface area (Å²) in [5, 5.41) is 2.75. The fourth-order valence-corrected chi connectivity index (χ4v) is 3.55. The average Bonchev–Trinajstić information content (AvgIpc) is 2.70. The van der Waals surface area contributed by atoms with Crippen LogP contribution in [-0.4, -0.2) is 73.6 Å². The number of hydrogen-bond acceptors (Lipinski definition) is 5. The maximum Gasteiger partial charge on any atom is 0.239 e. The van der Waals surface area contributed by atoms with E-state index in [1.807, 2.05) is 4.90 Å². The Morgan fingerprint density at radius 1 is 1.15 bits per heavy atom. The predicted molar refractivity (Wildman–Crippen MR) is 99.6 cm³/mol. The van der Waals surface area contributed by atoms with E-state index in [9.17, 15) is 14.0 Å². The Bertz CT molecular complexity index is 641. The number of nitrogens with one attached hydrogen (secondary N) is 1. The lowest BCUT2D eigenvalue weighted by Crippen LogP contribution is -2.56. The fraction of sp³-hybridized carbons (Fsp3) is 0.579. The van der Waals surface area contributed by atoms with Crippen molar-refractivity contribution in [3.63, 3.8) is 0 Å². The molecule has 8 heteroatoms. The van der Waals surface area contributed by atoms with Crippen LogP contribution in [-0.2, 0) is 14.3 Å². The second-order valence-corrected chi connectivity index (χ2v) is 7.13. The van der Waals surface area contributed by atoms with Crippen molar-refractivity contribution in [3.05, 3.63) is 30.1 Å². The highest BCUT2D eigenvalue weighted by atomic mass is 19.1. The van der Waals surface area contributed by atoms with Crippen LogP contribution in [0.5, 0.6) is 0 Å². The molecule has 0 bridgehead atoms. The van der Waals surface area contributed by atoms with Crippen molar-refractivity contribution in [2.45, 2.75) is 18.9 Å². The number of ether oxygens (including phenoxy) is 1. The molecule has 1 aromatic rings. The summed E-state index contributed by atoms with van der Waals surface area (Å²) in [6.45, 7) is 3.97. The van der Waals surface area contributed by atoms with Crippen LogP contribution in [0, 0.1) is 11.7 Å². The van der Waals surface area contributed by atoms with Crippen LogP contribution >= 0.6 is 0 Å². The van der Waals surface area contributed by atoms with Gasteiger partial charge in [0.1, 0.15) is 5.82 Å². The third-order valence-corrected chi connectivity index (χ3v) is 5.24. The van der Waals surface area contributed by atoms with Gasteiger partial charge in [0, 0.05) is 45.1 Å². The minimum atomic E-state index is -0.470. The van der Waals surface area contributed by atoms with Gasteiger partial charge in [0.2, 0.25) is 11.8 Å². The monoisotopic (exact) mass is 378 g/mol. The Morgan fingerprint density at radius 2 is 1.78 bits per heavy atom. The summed E-state index contributed by atoms with van der Waals surface area (Å²) in [5.41, 5.74) is 6.75. The topological polar surface area (TPSA) is 87.9 Å². The van der Waals surface area contributed by atoms with Gasteiger partial charge in [0.25, 0.3) is 0 Å². The molecule has 2 fully saturated rings. The maximum absolute atomic E-state index is 12.9. The highest BCUT2D eigenvalue weighted by Crippen LogP contribution is 2.19. The van der Waals surface area contributed by atoms with Crippen molar-refractivity contribution < 1.29 is 18.7 Å². The Kier molecular flexibility index (Phi) is 6.76. The number of benzene rings is 1. The molecule has 2 aliphatic heterocycles. The van der Waals surface area contributed by atoms with E-state index < -0.39 is 6.04 Å². The first-order valence-electron chi connectivity index (χ1n) is 9.43. The summed E-state index contributed by atoms with van der Waals surface area (Å²) >= 11 is 0. The van der Waals surface area contributed by atoms with Crippen LogP contribution < -0.4 is 11.1 Å². The van der Waals surface area contributed by atoms with Gasteiger partial charge in [-0.15, -0.1) is 0 Å². The van der Waals surface area contributed by atoms with Crippen LogP contribution in [0.25, 0.3) is 0 Å². The zero-order valence-corrected chi connectivity index (χ0v) is 15.4. The van der Waals surface area contributed by atoms with Gasteiger partial charge in [-0.25, -0.2) is 4.39 Å². The number of anilines is 1. The van der Waals surface area contributed by atoms with Gasteiger partial charge in [-0.05, 0) is 43.0 Å². The number of carbonyl (C=O) groups is 2. The quantitative estimate of drug-likeness (QED) is 0.786. The van der Waals surface area contributed by atoms with Crippen molar-refractivity contribution in [2.24, 2.45) is 11.7 Å². The zero-order valence-electron chi connectivity index (χ0n) is 15.4. The van der Waals surface area contributed by atoms with E-state index >= 15 is 0 Å². The molecule has 1 atom stereocenters. The van der Waals surface area contributed by atoms with E-state index in [1.54, 1.807) is 4.90 Å². The highest BCUT2D eigenvalue weighted by molar-refractivity contribution is 5.92. The molecule has 7 nitrogen and oxygen atoms in total. The summed E-state index contributed by atoms with van der Waals surface area (Å²) in [4.78, 5) is 28.6. The number of carbonyl (C=O) groups excluding carboxylic acids is 2. The highest BCUT2D eigenvalue weighted by Gasteiger charge is 2.31. The van der Waals surface area contributed by atoms with Crippen molar-refractivity contribution in [2.75, 3.05) is 51.3 Å². The number of halogens is 1. The van der Waals surface area contributed by atoms with Crippen LogP contribution in [0.1, 0.15) is 12.8 Å². The molecule has 2 aliphatic rings. The lowest BCUT2D eigenvalue weighted by atomic mass is 9.91. The summed E-state index contributed by atoms with van der Waals surface area (Å²) in [5.74, 6) is -0.309. The molecule has 1 unspecified atom stereocenters. The van der Waals surface area contributed by atoms with Crippen LogP contribution in [0.3, 0.4) is 0 Å². The van der Waals surface area contributed by atoms with Crippen LogP contribution in [0.2, 0.25) is 0 Å². The molecule has 0 saturated carbocycles. The first-order chi connectivity index (χ1) is 13.0. The minimum absolute atomic E-state index is 0.00249. The van der Waals surface area contributed by atoms with Crippen molar-refractivity contribution in [1.29, 1.82) is 0 Å². The Hall–Kier alpha value is -2.03. The summed E-state index contributed by atoms with van der Waals surface area (Å²) < 4.78 is 18.2. The molecule has 3 N–H and O–H groups in total. The van der Waals surface area contributed by atoms with E-state index in [1.165, 1.54) is 24.3 Å². The molecule has 27 heavy (non-hydrogen) atoms. The smallest absolute Gasteiger partial charge is 0.239 e. The van der Waals surface area contributed by atoms with E-state index in [0.29, 0.717) is 45.1 Å². The van der Waals surface area contributed by atoms with E-state index in [4.69, 9.17) is 10.5 Å². The summed E-state index contributed by atoms with van der Waals surface area (Å²) in [7, 11) is 0. The van der Waals surface area contributed by atoms with Gasteiger partial charge in [0.05, 0.1) is 12.6 Å². The lowest BCUT2D eigenvalue weighted by Gasteiger charge is -2.37. The van der Waals surface area contributed by atoms with Crippen molar-refractivity contribution in [1.82, 2.24) is 9.80 Å². The first kappa shape index (κ1) is 19.7. The third kappa shape index (κ3) is 5.47. The molecule has 2 heterocycles. The largest absolute Gasteiger partial charge is 0.381 e. The number of amides is 2. The SMILES string of the molecule is NC(C(=O)N1CCN(CC(=O)Nc2ccc(F)cc2)CC1)C1CCOCC1. The van der Waals surface area contributed by atoms with E-state index in [2.05, 4.69) is 5.32 Å². The summed E-state index contributed by atoms with van der Waals surface area (Å²) in [6.07, 6.45) is 1.66. The number of nitrogens with two attached hydrogens (primary N) is 1. The van der Waals surface area contributed by atoms with E-state index in [0.717, 1.165) is 12.8 Å². The van der Waals surface area contributed by atoms with Crippen molar-refractivity contribution >= 4 is 17.5 Å². The molecule has 0 aliphatic carbocycles. The number of hydrogen-bond donors (Lipinski definition) is 2. The standard InChI is InChI=1S/C19H27FN4O3/c20-15-1-3-16(4-2-15)22-17(25)13-23-7-9-24(10-8-23)19(26)18(21)14-5-11-27-12-6-14/h1-4,14,18H,5-13,21H2,(H,22,25). The molecule has 3 rings (SSSR count). The molecule has 1 aromatic carbocycles. The Morgan fingerprint density at radius 3 is 2.41 bits per heavy atom. The van der Waals surface area contributed by atoms with Crippen molar-refractivity contribution in [3.8, 4) is 0 Å². The summed E-state index contributed by atoms with van der Waals surface area (Å²) in [6, 6.07) is 5.20. The molecular formula is C19H27FN4O3. The van der Waals surface area contributed by atoms with Gasteiger partial charge in [0.15, 0.2) is 0 Å². The zero-order chi connectivity index (χ0) is 19.2. The molecule has 0 aromatic heterocycles. The van der Waals surface area contributed by atoms with E-state index in [-0.39, 0.29) is 30.1 Å². The Labute approximate surface area is 158 Å². The number of piperazine rings is 1. The lowest BCUT2D eigenvalue weighted by molar-refractivity contribution is -0.136. The molecule has 2 amide bonds. The maximum atomic E-state index is 12.9. The van der Waals surface area contributed by atoms with Gasteiger partial charge in [-0.3, -0.25) is 14.5 Å². The second-order valence-electron chi connectivity index (χ2n) is 7.13. The Balaban J connectivity index is 1.42. The van der Waals surface area contributed by atoms with Gasteiger partial charge >= 0.3 is 0 Å². The normalized spacial score (nSPS) is 20.3. The van der Waals surface area contributed by atoms with Crippen LogP contribution in [0.4, 0.5) is 10.1 Å². The number of nitrogens with zero attached hydrogens (tertiary/aromatic N) is 2. The van der Waals surface area contributed by atoms with Gasteiger partial charge < -0.3 is 20.7 Å². The average molecular weight is 378 g/mol. The molecule has 0 spiro atoms. The minimum Gasteiger partial charge on any atom is -0.381 e. The third-order valence-electron chi connectivity index (χ3n) is 5.24. The van der Waals surface area contributed by atoms with Crippen LogP contribution in [0.15, 0.2) is 24.3 Å². The first-order valence-corrected chi connectivity index (χ1v) is 9.43. The molecule has 2 saturated heterocycles. The second kappa shape index (κ2) is 9.25. The fourth-order valence-electron chi connectivity index (χ4n) is 3.55. The van der Waals surface area contributed by atoms with Gasteiger partial charge in [-0.2, -0.15) is 0 Å². The predicted octanol–water partition coefficient (Wildman–Crippen LogP) is 0.662. The molecule has 0 radical (unpaired) electrons. The molecule has 148 valence electrons.